The van der Waals surface area contributed by atoms with Gasteiger partial charge in [0.1, 0.15) is 17.1 Å². The van der Waals surface area contributed by atoms with Gasteiger partial charge in [-0.2, -0.15) is 0 Å². The standard InChI is InChI=1S/C12H15IO3.C8H7IO3/c1-12(2,3)16-11(14)8-5-6-9(13)10(7-8)15-4;1-12-7-4-5(8(10)11)2-3-6(7)9/h5-7H,1-4H3;2-4H,1H3,(H,10,11). The van der Waals surface area contributed by atoms with Crippen molar-refractivity contribution in [2.24, 2.45) is 0 Å². The molecule has 0 saturated carbocycles. The number of hydrogen-bond acceptors (Lipinski definition) is 5. The Labute approximate surface area is 191 Å². The molecule has 0 atom stereocenters. The van der Waals surface area contributed by atoms with E-state index in [1.807, 2.05) is 26.8 Å². The van der Waals surface area contributed by atoms with Crippen molar-refractivity contribution in [3.63, 3.8) is 0 Å². The fourth-order valence-corrected chi connectivity index (χ4v) is 3.03. The topological polar surface area (TPSA) is 82.1 Å². The van der Waals surface area contributed by atoms with Gasteiger partial charge in [-0.05, 0) is 102 Å². The van der Waals surface area contributed by atoms with Crippen molar-refractivity contribution in [1.82, 2.24) is 0 Å². The van der Waals surface area contributed by atoms with E-state index in [-0.39, 0.29) is 11.5 Å². The highest BCUT2D eigenvalue weighted by atomic mass is 127. The molecule has 2 aromatic rings. The molecule has 0 aromatic heterocycles. The molecule has 0 heterocycles. The minimum atomic E-state index is -0.940. The van der Waals surface area contributed by atoms with Gasteiger partial charge in [0.05, 0.1) is 32.5 Å². The first-order valence-electron chi connectivity index (χ1n) is 8.12. The lowest BCUT2D eigenvalue weighted by Gasteiger charge is -2.19. The maximum absolute atomic E-state index is 11.8. The number of esters is 1. The Balaban J connectivity index is 0.000000292. The fraction of sp³-hybridized carbons (Fsp3) is 0.300. The summed E-state index contributed by atoms with van der Waals surface area (Å²) in [6.07, 6.45) is 0. The van der Waals surface area contributed by atoms with Crippen LogP contribution in [0.2, 0.25) is 0 Å². The maximum atomic E-state index is 11.8. The smallest absolute Gasteiger partial charge is 0.338 e. The first-order valence-corrected chi connectivity index (χ1v) is 10.3. The van der Waals surface area contributed by atoms with Gasteiger partial charge in [0.15, 0.2) is 0 Å². The molecule has 0 aliphatic carbocycles. The van der Waals surface area contributed by atoms with E-state index in [2.05, 4.69) is 45.2 Å². The van der Waals surface area contributed by atoms with Crippen LogP contribution in [0.25, 0.3) is 0 Å². The Morgan fingerprint density at radius 3 is 1.68 bits per heavy atom. The Hall–Kier alpha value is -1.56. The van der Waals surface area contributed by atoms with Crippen LogP contribution < -0.4 is 9.47 Å². The molecule has 0 aliphatic heterocycles. The molecular weight excluding hydrogens is 590 g/mol. The molecule has 0 spiro atoms. The van der Waals surface area contributed by atoms with Crippen molar-refractivity contribution < 1.29 is 28.9 Å². The van der Waals surface area contributed by atoms with Crippen LogP contribution in [0.1, 0.15) is 41.5 Å². The number of ether oxygens (including phenoxy) is 3. The number of rotatable bonds is 4. The highest BCUT2D eigenvalue weighted by Gasteiger charge is 2.18. The van der Waals surface area contributed by atoms with Crippen molar-refractivity contribution in [3.05, 3.63) is 54.7 Å². The zero-order valence-electron chi connectivity index (χ0n) is 16.2. The van der Waals surface area contributed by atoms with E-state index >= 15 is 0 Å². The Morgan fingerprint density at radius 1 is 0.857 bits per heavy atom. The van der Waals surface area contributed by atoms with Crippen LogP contribution in [0.3, 0.4) is 0 Å². The number of carbonyl (C=O) groups excluding carboxylic acids is 1. The molecule has 6 nitrogen and oxygen atoms in total. The quantitative estimate of drug-likeness (QED) is 0.376. The van der Waals surface area contributed by atoms with Gasteiger partial charge in [-0.25, -0.2) is 9.59 Å². The van der Waals surface area contributed by atoms with Crippen molar-refractivity contribution in [3.8, 4) is 11.5 Å². The Kier molecular flexibility index (Phi) is 9.48. The van der Waals surface area contributed by atoms with Crippen LogP contribution in [0.4, 0.5) is 0 Å². The molecule has 0 radical (unpaired) electrons. The average Bonchev–Trinajstić information content (AvgIpc) is 2.61. The number of halogens is 2. The van der Waals surface area contributed by atoms with Crippen molar-refractivity contribution in [2.45, 2.75) is 26.4 Å². The van der Waals surface area contributed by atoms with E-state index < -0.39 is 11.6 Å². The number of carboxylic acid groups (broad SMARTS) is 1. The van der Waals surface area contributed by atoms with Crippen LogP contribution >= 0.6 is 45.2 Å². The first-order chi connectivity index (χ1) is 13.0. The predicted octanol–water partition coefficient (Wildman–Crippen LogP) is 5.25. The lowest BCUT2D eigenvalue weighted by atomic mass is 10.1. The van der Waals surface area contributed by atoms with Gasteiger partial charge in [0.2, 0.25) is 0 Å². The zero-order valence-corrected chi connectivity index (χ0v) is 20.5. The maximum Gasteiger partial charge on any atom is 0.338 e. The van der Waals surface area contributed by atoms with E-state index in [4.69, 9.17) is 19.3 Å². The van der Waals surface area contributed by atoms with Gasteiger partial charge in [0.25, 0.3) is 0 Å². The first kappa shape index (κ1) is 24.5. The normalized spacial score (nSPS) is 10.4. The van der Waals surface area contributed by atoms with Crippen molar-refractivity contribution in [2.75, 3.05) is 14.2 Å². The summed E-state index contributed by atoms with van der Waals surface area (Å²) in [5, 5.41) is 8.64. The van der Waals surface area contributed by atoms with Crippen LogP contribution in [0.5, 0.6) is 11.5 Å². The van der Waals surface area contributed by atoms with Crippen LogP contribution in [0, 0.1) is 7.14 Å². The molecule has 8 heteroatoms. The molecule has 2 aromatic carbocycles. The summed E-state index contributed by atoms with van der Waals surface area (Å²) in [4.78, 5) is 22.3. The number of hydrogen-bond donors (Lipinski definition) is 1. The van der Waals surface area contributed by atoms with Crippen LogP contribution in [-0.2, 0) is 4.74 Å². The molecule has 0 amide bonds. The molecule has 0 fully saturated rings. The van der Waals surface area contributed by atoms with Gasteiger partial charge >= 0.3 is 11.9 Å². The van der Waals surface area contributed by atoms with Gasteiger partial charge in [-0.3, -0.25) is 0 Å². The highest BCUT2D eigenvalue weighted by molar-refractivity contribution is 14.1. The largest absolute Gasteiger partial charge is 0.496 e. The second-order valence-electron chi connectivity index (χ2n) is 6.51. The Morgan fingerprint density at radius 2 is 1.29 bits per heavy atom. The third-order valence-corrected chi connectivity index (χ3v) is 4.97. The fourth-order valence-electron chi connectivity index (χ4n) is 1.92. The monoisotopic (exact) mass is 612 g/mol. The molecular formula is C20H22I2O6. The number of carbonyl (C=O) groups is 2. The molecule has 1 N–H and O–H groups in total. The third kappa shape index (κ3) is 7.82. The number of aromatic carboxylic acids is 1. The van der Waals surface area contributed by atoms with E-state index in [0.717, 1.165) is 7.14 Å². The average molecular weight is 612 g/mol. The van der Waals surface area contributed by atoms with Gasteiger partial charge in [0, 0.05) is 0 Å². The van der Waals surface area contributed by atoms with E-state index in [1.54, 1.807) is 31.4 Å². The molecule has 0 saturated heterocycles. The number of methoxy groups -OCH3 is 2. The SMILES string of the molecule is COc1cc(C(=O)O)ccc1I.COc1cc(C(=O)OC(C)(C)C)ccc1I. The molecule has 2 rings (SSSR count). The highest BCUT2D eigenvalue weighted by Crippen LogP contribution is 2.23. The van der Waals surface area contributed by atoms with Crippen LogP contribution in [-0.4, -0.2) is 36.9 Å². The van der Waals surface area contributed by atoms with Gasteiger partial charge in [-0.1, -0.05) is 0 Å². The lowest BCUT2D eigenvalue weighted by molar-refractivity contribution is 0.00689. The molecule has 0 unspecified atom stereocenters. The summed E-state index contributed by atoms with van der Waals surface area (Å²) in [5.41, 5.74) is 0.271. The zero-order chi connectivity index (χ0) is 21.5. The van der Waals surface area contributed by atoms with Gasteiger partial charge < -0.3 is 19.3 Å². The second-order valence-corrected chi connectivity index (χ2v) is 8.83. The minimum absolute atomic E-state index is 0.243. The van der Waals surface area contributed by atoms with Gasteiger partial charge in [-0.15, -0.1) is 0 Å². The molecule has 152 valence electrons. The van der Waals surface area contributed by atoms with E-state index in [1.165, 1.54) is 13.2 Å². The Bertz CT molecular complexity index is 843. The summed E-state index contributed by atoms with van der Waals surface area (Å²) in [6, 6.07) is 10.0. The van der Waals surface area contributed by atoms with E-state index in [9.17, 15) is 9.59 Å². The summed E-state index contributed by atoms with van der Waals surface area (Å²) < 4.78 is 17.2. The summed E-state index contributed by atoms with van der Waals surface area (Å²) in [6.45, 7) is 5.53. The number of carboxylic acids is 1. The molecule has 28 heavy (non-hydrogen) atoms. The molecule has 0 aliphatic rings. The second kappa shape index (κ2) is 10.8. The minimum Gasteiger partial charge on any atom is -0.496 e. The van der Waals surface area contributed by atoms with Crippen molar-refractivity contribution >= 4 is 57.1 Å². The third-order valence-electron chi connectivity index (χ3n) is 3.18. The molecule has 0 bridgehead atoms. The van der Waals surface area contributed by atoms with Crippen LogP contribution in [0.15, 0.2) is 36.4 Å². The predicted molar refractivity (Wildman–Crippen MR) is 124 cm³/mol. The van der Waals surface area contributed by atoms with Crippen molar-refractivity contribution in [1.29, 1.82) is 0 Å². The summed E-state index contributed by atoms with van der Waals surface area (Å²) >= 11 is 4.23. The summed E-state index contributed by atoms with van der Waals surface area (Å²) in [5.74, 6) is 0.00589. The number of benzene rings is 2. The van der Waals surface area contributed by atoms with E-state index in [0.29, 0.717) is 17.1 Å². The summed E-state index contributed by atoms with van der Waals surface area (Å²) in [7, 11) is 3.10. The lowest BCUT2D eigenvalue weighted by Crippen LogP contribution is -2.23.